The maximum absolute atomic E-state index is 2.69. The Labute approximate surface area is 133 Å². The van der Waals surface area contributed by atoms with E-state index < -0.39 is 0 Å². The standard InChI is InChI=1S/C21H38/c1-21(17-19-12-6-3-7-13-19)15-9-8-14-20(21)16-18-10-4-2-5-11-18/h18-20H,2-17H2,1H3. The van der Waals surface area contributed by atoms with Crippen LogP contribution in [0.2, 0.25) is 0 Å². The molecule has 0 aromatic carbocycles. The van der Waals surface area contributed by atoms with Crippen molar-refractivity contribution in [2.75, 3.05) is 0 Å². The highest BCUT2D eigenvalue weighted by Gasteiger charge is 2.39. The maximum Gasteiger partial charge on any atom is -0.0295 e. The van der Waals surface area contributed by atoms with Crippen molar-refractivity contribution in [2.24, 2.45) is 23.2 Å². The second kappa shape index (κ2) is 7.51. The lowest BCUT2D eigenvalue weighted by Gasteiger charge is -2.46. The predicted octanol–water partition coefficient (Wildman–Crippen LogP) is 7.12. The first-order valence-corrected chi connectivity index (χ1v) is 10.3. The molecule has 3 aliphatic rings. The van der Waals surface area contributed by atoms with Gasteiger partial charge in [0.2, 0.25) is 0 Å². The third kappa shape index (κ3) is 4.26. The van der Waals surface area contributed by atoms with E-state index in [2.05, 4.69) is 6.92 Å². The minimum absolute atomic E-state index is 0.706. The minimum Gasteiger partial charge on any atom is -0.0594 e. The van der Waals surface area contributed by atoms with Crippen molar-refractivity contribution in [1.29, 1.82) is 0 Å². The van der Waals surface area contributed by atoms with Crippen molar-refractivity contribution >= 4 is 0 Å². The summed E-state index contributed by atoms with van der Waals surface area (Å²) in [6.07, 6.45) is 24.6. The monoisotopic (exact) mass is 290 g/mol. The van der Waals surface area contributed by atoms with Gasteiger partial charge >= 0.3 is 0 Å². The summed E-state index contributed by atoms with van der Waals surface area (Å²) >= 11 is 0. The largest absolute Gasteiger partial charge is 0.0594 e. The fourth-order valence-electron chi connectivity index (χ4n) is 6.02. The van der Waals surface area contributed by atoms with Gasteiger partial charge in [-0.15, -0.1) is 0 Å². The van der Waals surface area contributed by atoms with Gasteiger partial charge in [-0.2, -0.15) is 0 Å². The molecule has 3 rings (SSSR count). The van der Waals surface area contributed by atoms with Gasteiger partial charge in [-0.1, -0.05) is 84.0 Å². The summed E-state index contributed by atoms with van der Waals surface area (Å²) in [4.78, 5) is 0. The highest BCUT2D eigenvalue weighted by molar-refractivity contribution is 4.90. The Morgan fingerprint density at radius 1 is 0.667 bits per heavy atom. The quantitative estimate of drug-likeness (QED) is 0.517. The first-order chi connectivity index (χ1) is 10.3. The molecule has 0 saturated heterocycles. The zero-order valence-corrected chi connectivity index (χ0v) is 14.5. The van der Waals surface area contributed by atoms with Crippen LogP contribution in [0.1, 0.15) is 110 Å². The van der Waals surface area contributed by atoms with Crippen LogP contribution in [-0.2, 0) is 0 Å². The van der Waals surface area contributed by atoms with Gasteiger partial charge in [0.05, 0.1) is 0 Å². The molecule has 3 aliphatic carbocycles. The molecular formula is C21H38. The molecule has 21 heavy (non-hydrogen) atoms. The van der Waals surface area contributed by atoms with Crippen LogP contribution in [0.25, 0.3) is 0 Å². The topological polar surface area (TPSA) is 0 Å². The molecule has 0 spiro atoms. The molecule has 3 fully saturated rings. The molecule has 0 aliphatic heterocycles. The van der Waals surface area contributed by atoms with E-state index in [9.17, 15) is 0 Å². The molecule has 0 amide bonds. The summed E-state index contributed by atoms with van der Waals surface area (Å²) in [6.45, 7) is 2.69. The van der Waals surface area contributed by atoms with E-state index in [-0.39, 0.29) is 0 Å². The molecule has 0 nitrogen and oxygen atoms in total. The fraction of sp³-hybridized carbons (Fsp3) is 1.00. The Kier molecular flexibility index (Phi) is 5.68. The Hall–Kier alpha value is 0. The number of hydrogen-bond acceptors (Lipinski definition) is 0. The molecule has 0 bridgehead atoms. The molecule has 122 valence electrons. The highest BCUT2D eigenvalue weighted by Crippen LogP contribution is 2.50. The molecule has 0 N–H and O–H groups in total. The average molecular weight is 291 g/mol. The lowest BCUT2D eigenvalue weighted by atomic mass is 9.59. The molecule has 0 aromatic rings. The SMILES string of the molecule is CC1(CC2CCCCC2)CCCCC1CC1CCCCC1. The Bertz CT molecular complexity index is 295. The Balaban J connectivity index is 1.58. The van der Waals surface area contributed by atoms with E-state index in [0.717, 1.165) is 17.8 Å². The van der Waals surface area contributed by atoms with Crippen LogP contribution in [0.15, 0.2) is 0 Å². The first kappa shape index (κ1) is 15.9. The van der Waals surface area contributed by atoms with Crippen molar-refractivity contribution in [2.45, 2.75) is 110 Å². The van der Waals surface area contributed by atoms with Crippen LogP contribution in [0.5, 0.6) is 0 Å². The van der Waals surface area contributed by atoms with Gasteiger partial charge in [0.25, 0.3) is 0 Å². The van der Waals surface area contributed by atoms with Gasteiger partial charge in [-0.25, -0.2) is 0 Å². The van der Waals surface area contributed by atoms with Crippen LogP contribution in [0.3, 0.4) is 0 Å². The summed E-state index contributed by atoms with van der Waals surface area (Å²) in [6, 6.07) is 0. The van der Waals surface area contributed by atoms with Gasteiger partial charge < -0.3 is 0 Å². The van der Waals surface area contributed by atoms with Crippen molar-refractivity contribution in [3.8, 4) is 0 Å². The first-order valence-electron chi connectivity index (χ1n) is 10.3. The van der Waals surface area contributed by atoms with Crippen LogP contribution in [0.4, 0.5) is 0 Å². The van der Waals surface area contributed by atoms with E-state index in [1.54, 1.807) is 51.4 Å². The maximum atomic E-state index is 2.69. The van der Waals surface area contributed by atoms with Crippen LogP contribution in [0, 0.1) is 23.2 Å². The highest BCUT2D eigenvalue weighted by atomic mass is 14.4. The molecule has 0 heteroatoms. The van der Waals surface area contributed by atoms with Crippen molar-refractivity contribution in [1.82, 2.24) is 0 Å². The summed E-state index contributed by atoms with van der Waals surface area (Å²) in [7, 11) is 0. The number of hydrogen-bond donors (Lipinski definition) is 0. The van der Waals surface area contributed by atoms with E-state index in [1.807, 2.05) is 0 Å². The van der Waals surface area contributed by atoms with Crippen LogP contribution in [-0.4, -0.2) is 0 Å². The molecule has 2 atom stereocenters. The van der Waals surface area contributed by atoms with Gasteiger partial charge in [-0.05, 0) is 48.9 Å². The summed E-state index contributed by atoms with van der Waals surface area (Å²) in [5.74, 6) is 3.24. The van der Waals surface area contributed by atoms with Crippen molar-refractivity contribution in [3.63, 3.8) is 0 Å². The molecule has 0 radical (unpaired) electrons. The van der Waals surface area contributed by atoms with Crippen molar-refractivity contribution < 1.29 is 0 Å². The van der Waals surface area contributed by atoms with Gasteiger partial charge in [0.1, 0.15) is 0 Å². The van der Waals surface area contributed by atoms with E-state index in [4.69, 9.17) is 0 Å². The molecule has 0 aromatic heterocycles. The Morgan fingerprint density at radius 2 is 1.24 bits per heavy atom. The van der Waals surface area contributed by atoms with Gasteiger partial charge in [-0.3, -0.25) is 0 Å². The summed E-state index contributed by atoms with van der Waals surface area (Å²) < 4.78 is 0. The average Bonchev–Trinajstić information content (AvgIpc) is 2.52. The summed E-state index contributed by atoms with van der Waals surface area (Å²) in [5, 5.41) is 0. The number of rotatable bonds is 4. The van der Waals surface area contributed by atoms with Crippen molar-refractivity contribution in [3.05, 3.63) is 0 Å². The van der Waals surface area contributed by atoms with Gasteiger partial charge in [0, 0.05) is 0 Å². The second-order valence-corrected chi connectivity index (χ2v) is 9.04. The smallest absolute Gasteiger partial charge is 0.0295 e. The molecule has 2 unspecified atom stereocenters. The third-order valence-electron chi connectivity index (χ3n) is 7.36. The second-order valence-electron chi connectivity index (χ2n) is 9.04. The summed E-state index contributed by atoms with van der Waals surface area (Å²) in [5.41, 5.74) is 0.706. The lowest BCUT2D eigenvalue weighted by Crippen LogP contribution is -2.35. The lowest BCUT2D eigenvalue weighted by molar-refractivity contribution is 0.0508. The molecular weight excluding hydrogens is 252 g/mol. The van der Waals surface area contributed by atoms with Crippen LogP contribution < -0.4 is 0 Å². The minimum atomic E-state index is 0.706. The zero-order valence-electron chi connectivity index (χ0n) is 14.5. The molecule has 0 heterocycles. The third-order valence-corrected chi connectivity index (χ3v) is 7.36. The van der Waals surface area contributed by atoms with E-state index >= 15 is 0 Å². The van der Waals surface area contributed by atoms with E-state index in [1.165, 1.54) is 51.4 Å². The molecule has 3 saturated carbocycles. The van der Waals surface area contributed by atoms with Crippen LogP contribution >= 0.6 is 0 Å². The predicted molar refractivity (Wildman–Crippen MR) is 92.4 cm³/mol. The normalized spacial score (nSPS) is 36.7. The Morgan fingerprint density at radius 3 is 1.90 bits per heavy atom. The van der Waals surface area contributed by atoms with Gasteiger partial charge in [0.15, 0.2) is 0 Å². The fourth-order valence-corrected chi connectivity index (χ4v) is 6.02. The van der Waals surface area contributed by atoms with E-state index in [0.29, 0.717) is 5.41 Å². The zero-order chi connectivity index (χ0) is 14.5.